The van der Waals surface area contributed by atoms with Gasteiger partial charge in [0.15, 0.2) is 0 Å². The summed E-state index contributed by atoms with van der Waals surface area (Å²) < 4.78 is 20.4. The molecule has 0 aliphatic carbocycles. The van der Waals surface area contributed by atoms with Crippen molar-refractivity contribution in [3.05, 3.63) is 94.2 Å². The first-order valence-corrected chi connectivity index (χ1v) is 12.9. The monoisotopic (exact) mass is 599 g/mol. The van der Waals surface area contributed by atoms with Crippen LogP contribution in [0.5, 0.6) is 5.75 Å². The van der Waals surface area contributed by atoms with Crippen LogP contribution >= 0.6 is 15.9 Å². The fraction of sp³-hybridized carbons (Fsp3) is 0.250. The highest BCUT2D eigenvalue weighted by atomic mass is 79.9. The van der Waals surface area contributed by atoms with Crippen molar-refractivity contribution in [2.45, 2.75) is 31.0 Å². The second-order valence-corrected chi connectivity index (χ2v) is 9.98. The number of nitrogens with zero attached hydrogens (tertiary/aromatic N) is 1. The molecule has 3 aromatic rings. The van der Waals surface area contributed by atoms with E-state index in [1.54, 1.807) is 61.5 Å². The predicted molar refractivity (Wildman–Crippen MR) is 145 cm³/mol. The molecular formula is C28H27BrFN3O6. The van der Waals surface area contributed by atoms with Gasteiger partial charge in [0.2, 0.25) is 5.91 Å². The molecule has 1 aliphatic heterocycles. The topological polar surface area (TPSA) is 128 Å². The molecular weight excluding hydrogens is 573 g/mol. The molecule has 0 bridgehead atoms. The number of hydrogen-bond acceptors (Lipinski definition) is 6. The van der Waals surface area contributed by atoms with Crippen LogP contribution in [0.4, 0.5) is 14.9 Å². The van der Waals surface area contributed by atoms with Crippen LogP contribution in [0.3, 0.4) is 0 Å². The summed E-state index contributed by atoms with van der Waals surface area (Å²) in [6, 6.07) is 16.3. The fourth-order valence-electron chi connectivity index (χ4n) is 4.29. The Hall–Kier alpha value is -3.80. The molecule has 4 N–H and O–H groups in total. The number of aliphatic hydroxyl groups is 2. The lowest BCUT2D eigenvalue weighted by molar-refractivity contribution is -0.134. The van der Waals surface area contributed by atoms with Gasteiger partial charge in [-0.15, -0.1) is 0 Å². The summed E-state index contributed by atoms with van der Waals surface area (Å²) in [6.07, 6.45) is -1.03. The minimum atomic E-state index is -1.28. The summed E-state index contributed by atoms with van der Waals surface area (Å²) in [5.74, 6) is -2.25. The molecule has 204 valence electrons. The van der Waals surface area contributed by atoms with Crippen LogP contribution in [-0.4, -0.2) is 58.3 Å². The first-order valence-electron chi connectivity index (χ1n) is 12.2. The molecule has 1 heterocycles. The van der Waals surface area contributed by atoms with Gasteiger partial charge in [-0.2, -0.15) is 0 Å². The van der Waals surface area contributed by atoms with E-state index >= 15 is 0 Å². The maximum Gasteiger partial charge on any atom is 0.325 e. The Bertz CT molecular complexity index is 1340. The molecule has 11 heteroatoms. The number of ether oxygens (including phenoxy) is 1. The van der Waals surface area contributed by atoms with E-state index in [0.717, 1.165) is 4.90 Å². The molecule has 1 aliphatic rings. The van der Waals surface area contributed by atoms with Gasteiger partial charge in [0.25, 0.3) is 5.91 Å². The standard InChI is InChI=1S/C28H27BrFN3O6/c1-16(17-5-3-2-4-6-17)25(26(36)31-23-12-9-19(29)13-22(23)30)33-27(37)24(32-28(33)38)18-7-10-21(11-8-18)39-15-20(35)14-34/h2-13,16,20,24-25,34-35H,14-15H2,1H3,(H,31,36)(H,32,38)/t16-,20+,24+,25-/m0/s1. The van der Waals surface area contributed by atoms with Crippen molar-refractivity contribution >= 4 is 39.5 Å². The summed E-state index contributed by atoms with van der Waals surface area (Å²) in [4.78, 5) is 41.2. The lowest BCUT2D eigenvalue weighted by atomic mass is 9.91. The Kier molecular flexibility index (Phi) is 8.95. The SMILES string of the molecule is C[C@@H](c1ccccc1)[C@@H](C(=O)Nc1ccc(Br)cc1F)N1C(=O)N[C@H](c2ccc(OC[C@H](O)CO)cc2)C1=O. The molecule has 0 saturated carbocycles. The summed E-state index contributed by atoms with van der Waals surface area (Å²) in [5.41, 5.74) is 1.08. The molecule has 1 saturated heterocycles. The quantitative estimate of drug-likeness (QED) is 0.263. The molecule has 0 aromatic heterocycles. The predicted octanol–water partition coefficient (Wildman–Crippen LogP) is 3.72. The number of urea groups is 1. The zero-order valence-electron chi connectivity index (χ0n) is 20.9. The van der Waals surface area contributed by atoms with Crippen molar-refractivity contribution in [3.63, 3.8) is 0 Å². The van der Waals surface area contributed by atoms with Crippen molar-refractivity contribution in [1.82, 2.24) is 10.2 Å². The summed E-state index contributed by atoms with van der Waals surface area (Å²) in [7, 11) is 0. The average Bonchev–Trinajstić information content (AvgIpc) is 3.23. The van der Waals surface area contributed by atoms with E-state index in [1.807, 2.05) is 6.07 Å². The van der Waals surface area contributed by atoms with Crippen LogP contribution in [0.2, 0.25) is 0 Å². The van der Waals surface area contributed by atoms with E-state index < -0.39 is 54.4 Å². The molecule has 3 aromatic carbocycles. The number of carbonyl (C=O) groups is 3. The molecule has 4 rings (SSSR count). The van der Waals surface area contributed by atoms with Gasteiger partial charge >= 0.3 is 6.03 Å². The minimum Gasteiger partial charge on any atom is -0.491 e. The third-order valence-corrected chi connectivity index (χ3v) is 6.87. The number of anilines is 1. The van der Waals surface area contributed by atoms with E-state index in [1.165, 1.54) is 12.1 Å². The highest BCUT2D eigenvalue weighted by molar-refractivity contribution is 9.10. The Morgan fingerprint density at radius 2 is 1.82 bits per heavy atom. The molecule has 0 spiro atoms. The first-order chi connectivity index (χ1) is 18.7. The molecule has 1 fully saturated rings. The van der Waals surface area contributed by atoms with Crippen LogP contribution in [0, 0.1) is 5.82 Å². The van der Waals surface area contributed by atoms with Gasteiger partial charge in [-0.1, -0.05) is 65.3 Å². The summed E-state index contributed by atoms with van der Waals surface area (Å²) >= 11 is 3.18. The van der Waals surface area contributed by atoms with E-state index in [0.29, 0.717) is 21.3 Å². The van der Waals surface area contributed by atoms with Crippen LogP contribution in [-0.2, 0) is 9.59 Å². The number of halogens is 2. The molecule has 9 nitrogen and oxygen atoms in total. The Morgan fingerprint density at radius 3 is 2.46 bits per heavy atom. The van der Waals surface area contributed by atoms with E-state index in [9.17, 15) is 23.9 Å². The lowest BCUT2D eigenvalue weighted by Gasteiger charge is -2.30. The minimum absolute atomic E-state index is 0.0843. The van der Waals surface area contributed by atoms with Crippen LogP contribution in [0.25, 0.3) is 0 Å². The van der Waals surface area contributed by atoms with Crippen molar-refractivity contribution in [2.24, 2.45) is 0 Å². The third-order valence-electron chi connectivity index (χ3n) is 6.37. The highest BCUT2D eigenvalue weighted by Crippen LogP contribution is 2.32. The first kappa shape index (κ1) is 28.2. The molecule has 0 unspecified atom stereocenters. The number of benzene rings is 3. The zero-order chi connectivity index (χ0) is 28.1. The van der Waals surface area contributed by atoms with Gasteiger partial charge in [0.1, 0.15) is 36.4 Å². The Labute approximate surface area is 232 Å². The van der Waals surface area contributed by atoms with Gasteiger partial charge in [0.05, 0.1) is 12.3 Å². The average molecular weight is 600 g/mol. The third kappa shape index (κ3) is 6.44. The van der Waals surface area contributed by atoms with Gasteiger partial charge in [-0.25, -0.2) is 14.1 Å². The second-order valence-electron chi connectivity index (χ2n) is 9.06. The van der Waals surface area contributed by atoms with Crippen LogP contribution in [0.1, 0.15) is 30.0 Å². The Morgan fingerprint density at radius 1 is 1.13 bits per heavy atom. The van der Waals surface area contributed by atoms with Gasteiger partial charge in [-0.05, 0) is 41.5 Å². The number of nitrogens with one attached hydrogen (secondary N) is 2. The largest absolute Gasteiger partial charge is 0.491 e. The van der Waals surface area contributed by atoms with E-state index in [2.05, 4.69) is 26.6 Å². The number of carbonyl (C=O) groups excluding carboxylic acids is 3. The van der Waals surface area contributed by atoms with Crippen LogP contribution < -0.4 is 15.4 Å². The number of hydrogen-bond donors (Lipinski definition) is 4. The number of amides is 4. The van der Waals surface area contributed by atoms with Gasteiger partial charge in [0, 0.05) is 10.4 Å². The Balaban J connectivity index is 1.60. The van der Waals surface area contributed by atoms with E-state index in [-0.39, 0.29) is 12.3 Å². The zero-order valence-corrected chi connectivity index (χ0v) is 22.5. The number of imide groups is 1. The highest BCUT2D eigenvalue weighted by Gasteiger charge is 2.47. The van der Waals surface area contributed by atoms with Crippen molar-refractivity contribution in [2.75, 3.05) is 18.5 Å². The number of aliphatic hydroxyl groups excluding tert-OH is 2. The fourth-order valence-corrected chi connectivity index (χ4v) is 4.62. The van der Waals surface area contributed by atoms with Gasteiger partial charge < -0.3 is 25.6 Å². The molecule has 4 atom stereocenters. The lowest BCUT2D eigenvalue weighted by Crippen LogP contribution is -2.50. The summed E-state index contributed by atoms with van der Waals surface area (Å²) in [5, 5.41) is 23.5. The maximum atomic E-state index is 14.5. The molecule has 0 radical (unpaired) electrons. The normalized spacial score (nSPS) is 17.4. The van der Waals surface area contributed by atoms with Crippen molar-refractivity contribution in [1.29, 1.82) is 0 Å². The second kappa shape index (κ2) is 12.4. The van der Waals surface area contributed by atoms with Crippen LogP contribution in [0.15, 0.2) is 77.3 Å². The molecule has 4 amide bonds. The van der Waals surface area contributed by atoms with Crippen molar-refractivity contribution < 1.29 is 33.7 Å². The van der Waals surface area contributed by atoms with Crippen molar-refractivity contribution in [3.8, 4) is 5.75 Å². The number of rotatable bonds is 10. The maximum absolute atomic E-state index is 14.5. The smallest absolute Gasteiger partial charge is 0.325 e. The van der Waals surface area contributed by atoms with E-state index in [4.69, 9.17) is 9.84 Å². The van der Waals surface area contributed by atoms with Gasteiger partial charge in [-0.3, -0.25) is 9.59 Å². The molecule has 39 heavy (non-hydrogen) atoms. The summed E-state index contributed by atoms with van der Waals surface area (Å²) in [6.45, 7) is 1.16.